The quantitative estimate of drug-likeness (QED) is 0.730. The molecule has 2 amide bonds. The van der Waals surface area contributed by atoms with Crippen molar-refractivity contribution in [2.75, 3.05) is 19.6 Å². The van der Waals surface area contributed by atoms with E-state index in [2.05, 4.69) is 5.32 Å². The molecular formula is C18H24N2O5. The average molecular weight is 348 g/mol. The third-order valence-corrected chi connectivity index (χ3v) is 4.45. The van der Waals surface area contributed by atoms with Gasteiger partial charge in [0, 0.05) is 18.7 Å². The van der Waals surface area contributed by atoms with Crippen molar-refractivity contribution in [3.8, 4) is 0 Å². The summed E-state index contributed by atoms with van der Waals surface area (Å²) in [6, 6.07) is 7.28. The monoisotopic (exact) mass is 348 g/mol. The first kappa shape index (κ1) is 18.9. The van der Waals surface area contributed by atoms with Gasteiger partial charge in [-0.2, -0.15) is 0 Å². The van der Waals surface area contributed by atoms with E-state index in [1.54, 1.807) is 17.0 Å². The molecule has 7 nitrogen and oxygen atoms in total. The summed E-state index contributed by atoms with van der Waals surface area (Å²) in [5.41, 5.74) is -0.361. The minimum absolute atomic E-state index is 0.116. The molecule has 0 aromatic heterocycles. The lowest BCUT2D eigenvalue weighted by atomic mass is 9.96. The van der Waals surface area contributed by atoms with E-state index in [0.717, 1.165) is 12.5 Å². The Morgan fingerprint density at radius 3 is 2.52 bits per heavy atom. The van der Waals surface area contributed by atoms with E-state index < -0.39 is 17.5 Å². The number of carboxylic acid groups (broad SMARTS) is 1. The number of aliphatic hydroxyl groups is 1. The molecule has 1 aromatic carbocycles. The molecule has 0 spiro atoms. The van der Waals surface area contributed by atoms with Gasteiger partial charge in [0.2, 0.25) is 5.91 Å². The number of benzene rings is 1. The largest absolute Gasteiger partial charge is 0.479 e. The molecule has 2 atom stereocenters. The van der Waals surface area contributed by atoms with Crippen LogP contribution in [0, 0.1) is 12.8 Å². The summed E-state index contributed by atoms with van der Waals surface area (Å²) in [4.78, 5) is 37.4. The van der Waals surface area contributed by atoms with Crippen molar-refractivity contribution >= 4 is 17.8 Å². The van der Waals surface area contributed by atoms with Crippen molar-refractivity contribution in [3.05, 3.63) is 35.4 Å². The molecule has 1 aliphatic heterocycles. The summed E-state index contributed by atoms with van der Waals surface area (Å²) < 4.78 is 0. The second-order valence-electron chi connectivity index (χ2n) is 6.75. The van der Waals surface area contributed by atoms with Crippen LogP contribution in [0.3, 0.4) is 0 Å². The highest BCUT2D eigenvalue weighted by molar-refractivity contribution is 5.94. The molecule has 1 saturated heterocycles. The van der Waals surface area contributed by atoms with Crippen molar-refractivity contribution < 1.29 is 24.6 Å². The molecule has 0 bridgehead atoms. The Morgan fingerprint density at radius 2 is 1.92 bits per heavy atom. The maximum absolute atomic E-state index is 12.6. The SMILES string of the molecule is Cc1ccc(C(=O)N2CCCC(C(=O)NCC(C)(O)C(=O)O)C2)cc1. The number of hydrogen-bond donors (Lipinski definition) is 3. The van der Waals surface area contributed by atoms with E-state index in [-0.39, 0.29) is 24.9 Å². The Hall–Kier alpha value is -2.41. The molecule has 2 unspecified atom stereocenters. The number of hydrogen-bond acceptors (Lipinski definition) is 4. The zero-order valence-electron chi connectivity index (χ0n) is 14.5. The highest BCUT2D eigenvalue weighted by Crippen LogP contribution is 2.19. The lowest BCUT2D eigenvalue weighted by Gasteiger charge is -2.32. The van der Waals surface area contributed by atoms with Gasteiger partial charge in [-0.25, -0.2) is 4.79 Å². The summed E-state index contributed by atoms with van der Waals surface area (Å²) in [6.07, 6.45) is 1.32. The minimum Gasteiger partial charge on any atom is -0.479 e. The standard InChI is InChI=1S/C18H24N2O5/c1-12-5-7-13(8-6-12)16(22)20-9-3-4-14(10-20)15(21)19-11-18(2,25)17(23)24/h5-8,14,25H,3-4,9-11H2,1-2H3,(H,19,21)(H,23,24). The first-order valence-corrected chi connectivity index (χ1v) is 8.30. The zero-order chi connectivity index (χ0) is 18.6. The molecule has 0 aliphatic carbocycles. The van der Waals surface area contributed by atoms with Crippen molar-refractivity contribution in [2.45, 2.75) is 32.3 Å². The summed E-state index contributed by atoms with van der Waals surface area (Å²) in [6.45, 7) is 3.58. The third-order valence-electron chi connectivity index (χ3n) is 4.45. The van der Waals surface area contributed by atoms with Crippen LogP contribution >= 0.6 is 0 Å². The molecule has 2 rings (SSSR count). The van der Waals surface area contributed by atoms with Gasteiger partial charge in [-0.05, 0) is 38.8 Å². The van der Waals surface area contributed by atoms with Crippen molar-refractivity contribution in [3.63, 3.8) is 0 Å². The fraction of sp³-hybridized carbons (Fsp3) is 0.500. The fourth-order valence-corrected chi connectivity index (χ4v) is 2.73. The number of amides is 2. The molecule has 1 aliphatic rings. The highest BCUT2D eigenvalue weighted by atomic mass is 16.4. The normalized spacial score (nSPS) is 19.8. The van der Waals surface area contributed by atoms with E-state index in [1.165, 1.54) is 0 Å². The molecule has 7 heteroatoms. The molecule has 0 saturated carbocycles. The molecule has 25 heavy (non-hydrogen) atoms. The van der Waals surface area contributed by atoms with Crippen LogP contribution in [0.2, 0.25) is 0 Å². The molecule has 1 fully saturated rings. The van der Waals surface area contributed by atoms with E-state index in [0.29, 0.717) is 24.9 Å². The number of piperidine rings is 1. The zero-order valence-corrected chi connectivity index (χ0v) is 14.5. The predicted molar refractivity (Wildman–Crippen MR) is 91.1 cm³/mol. The van der Waals surface area contributed by atoms with Crippen molar-refractivity contribution in [1.29, 1.82) is 0 Å². The van der Waals surface area contributed by atoms with E-state index in [9.17, 15) is 19.5 Å². The highest BCUT2D eigenvalue weighted by Gasteiger charge is 2.33. The van der Waals surface area contributed by atoms with Crippen LogP contribution in [0.15, 0.2) is 24.3 Å². The van der Waals surface area contributed by atoms with Crippen LogP contribution in [-0.4, -0.2) is 58.1 Å². The van der Waals surface area contributed by atoms with Crippen LogP contribution in [0.25, 0.3) is 0 Å². The summed E-state index contributed by atoms with van der Waals surface area (Å²) in [5, 5.41) is 21.0. The van der Waals surface area contributed by atoms with Crippen LogP contribution in [0.5, 0.6) is 0 Å². The molecular weight excluding hydrogens is 324 g/mol. The Bertz CT molecular complexity index is 654. The van der Waals surface area contributed by atoms with Gasteiger partial charge in [0.25, 0.3) is 5.91 Å². The maximum Gasteiger partial charge on any atom is 0.337 e. The Kier molecular flexibility index (Phi) is 5.79. The van der Waals surface area contributed by atoms with Gasteiger partial charge in [0.1, 0.15) is 0 Å². The molecule has 1 aromatic rings. The van der Waals surface area contributed by atoms with Crippen molar-refractivity contribution in [1.82, 2.24) is 10.2 Å². The summed E-state index contributed by atoms with van der Waals surface area (Å²) >= 11 is 0. The topological polar surface area (TPSA) is 107 Å². The minimum atomic E-state index is -2.01. The summed E-state index contributed by atoms with van der Waals surface area (Å²) in [5.74, 6) is -2.27. The number of aliphatic carboxylic acids is 1. The van der Waals surface area contributed by atoms with Gasteiger partial charge in [-0.15, -0.1) is 0 Å². The van der Waals surface area contributed by atoms with Crippen LogP contribution in [-0.2, 0) is 9.59 Å². The lowest BCUT2D eigenvalue weighted by Crippen LogP contribution is -2.50. The molecule has 136 valence electrons. The maximum atomic E-state index is 12.6. The predicted octanol–water partition coefficient (Wildman–Crippen LogP) is 0.799. The van der Waals surface area contributed by atoms with Gasteiger partial charge >= 0.3 is 5.97 Å². The molecule has 1 heterocycles. The first-order valence-electron chi connectivity index (χ1n) is 8.30. The fourth-order valence-electron chi connectivity index (χ4n) is 2.73. The second-order valence-corrected chi connectivity index (χ2v) is 6.75. The van der Waals surface area contributed by atoms with Gasteiger partial charge in [0.05, 0.1) is 12.5 Å². The Morgan fingerprint density at radius 1 is 1.28 bits per heavy atom. The van der Waals surface area contributed by atoms with Gasteiger partial charge in [-0.1, -0.05) is 17.7 Å². The molecule has 3 N–H and O–H groups in total. The smallest absolute Gasteiger partial charge is 0.337 e. The van der Waals surface area contributed by atoms with E-state index in [4.69, 9.17) is 5.11 Å². The number of carboxylic acids is 1. The number of nitrogens with one attached hydrogen (secondary N) is 1. The lowest BCUT2D eigenvalue weighted by molar-refractivity contribution is -0.156. The summed E-state index contributed by atoms with van der Waals surface area (Å²) in [7, 11) is 0. The number of carbonyl (C=O) groups excluding carboxylic acids is 2. The molecule has 0 radical (unpaired) electrons. The van der Waals surface area contributed by atoms with E-state index in [1.807, 2.05) is 19.1 Å². The van der Waals surface area contributed by atoms with Gasteiger partial charge in [-0.3, -0.25) is 9.59 Å². The number of rotatable bonds is 5. The van der Waals surface area contributed by atoms with Crippen LogP contribution in [0.4, 0.5) is 0 Å². The van der Waals surface area contributed by atoms with Gasteiger partial charge in [0.15, 0.2) is 5.60 Å². The number of carbonyl (C=O) groups is 3. The Labute approximate surface area is 146 Å². The van der Waals surface area contributed by atoms with Gasteiger partial charge < -0.3 is 20.4 Å². The number of nitrogens with zero attached hydrogens (tertiary/aromatic N) is 1. The third kappa shape index (κ3) is 4.79. The average Bonchev–Trinajstić information content (AvgIpc) is 2.59. The van der Waals surface area contributed by atoms with E-state index >= 15 is 0 Å². The second kappa shape index (κ2) is 7.65. The van der Waals surface area contributed by atoms with Crippen molar-refractivity contribution in [2.24, 2.45) is 5.92 Å². The van der Waals surface area contributed by atoms with Crippen LogP contribution < -0.4 is 5.32 Å². The first-order chi connectivity index (χ1) is 11.7. The van der Waals surface area contributed by atoms with Crippen LogP contribution in [0.1, 0.15) is 35.7 Å². The number of aryl methyl sites for hydroxylation is 1. The number of likely N-dealkylation sites (tertiary alicyclic amines) is 1. The Balaban J connectivity index is 1.95.